The molecule has 0 radical (unpaired) electrons. The first-order chi connectivity index (χ1) is 7.75. The fourth-order valence-electron chi connectivity index (χ4n) is 1.88. The zero-order chi connectivity index (χ0) is 11.4. The Kier molecular flexibility index (Phi) is 3.30. The minimum Gasteiger partial charge on any atom is -0.399 e. The van der Waals surface area contributed by atoms with Crippen molar-refractivity contribution in [3.63, 3.8) is 0 Å². The first kappa shape index (κ1) is 10.8. The molecule has 0 aliphatic heterocycles. The topological polar surface area (TPSA) is 38.0 Å². The smallest absolute Gasteiger partial charge is 0.0486 e. The standard InChI is InChI=1S/C14H18N2/c1-11(12-6-5-7-13(15)10-12)16-14-8-3-2-4-9-14/h3,5-11,16H,2,4,15H2,1H3. The Morgan fingerprint density at radius 2 is 2.19 bits per heavy atom. The molecule has 0 fully saturated rings. The van der Waals surface area contributed by atoms with Crippen LogP contribution in [0.2, 0.25) is 0 Å². The van der Waals surface area contributed by atoms with E-state index in [9.17, 15) is 0 Å². The second kappa shape index (κ2) is 4.88. The van der Waals surface area contributed by atoms with Gasteiger partial charge < -0.3 is 11.1 Å². The van der Waals surface area contributed by atoms with E-state index in [1.54, 1.807) is 0 Å². The molecular formula is C14H18N2. The predicted molar refractivity (Wildman–Crippen MR) is 68.9 cm³/mol. The molecule has 0 heterocycles. The molecular weight excluding hydrogens is 196 g/mol. The molecule has 0 bridgehead atoms. The molecule has 0 saturated heterocycles. The molecule has 1 atom stereocenters. The zero-order valence-corrected chi connectivity index (χ0v) is 9.61. The molecule has 1 aromatic carbocycles. The number of nitrogens with one attached hydrogen (secondary N) is 1. The fraction of sp³-hybridized carbons (Fsp3) is 0.286. The van der Waals surface area contributed by atoms with Gasteiger partial charge in [-0.15, -0.1) is 0 Å². The van der Waals surface area contributed by atoms with Crippen LogP contribution in [-0.4, -0.2) is 0 Å². The van der Waals surface area contributed by atoms with Crippen molar-refractivity contribution in [1.29, 1.82) is 0 Å². The van der Waals surface area contributed by atoms with E-state index in [2.05, 4.69) is 36.5 Å². The molecule has 1 aromatic rings. The average molecular weight is 214 g/mol. The van der Waals surface area contributed by atoms with Crippen LogP contribution in [0.15, 0.2) is 48.2 Å². The number of anilines is 1. The number of hydrogen-bond donors (Lipinski definition) is 2. The number of hydrogen-bond acceptors (Lipinski definition) is 2. The maximum Gasteiger partial charge on any atom is 0.0486 e. The van der Waals surface area contributed by atoms with Gasteiger partial charge >= 0.3 is 0 Å². The summed E-state index contributed by atoms with van der Waals surface area (Å²) in [6.07, 6.45) is 8.86. The maximum atomic E-state index is 5.77. The van der Waals surface area contributed by atoms with Crippen molar-refractivity contribution in [1.82, 2.24) is 5.32 Å². The molecule has 0 saturated carbocycles. The van der Waals surface area contributed by atoms with Crippen LogP contribution < -0.4 is 11.1 Å². The Balaban J connectivity index is 2.05. The van der Waals surface area contributed by atoms with Crippen LogP contribution in [0.5, 0.6) is 0 Å². The average Bonchev–Trinajstić information content (AvgIpc) is 2.30. The molecule has 1 unspecified atom stereocenters. The minimum atomic E-state index is 0.289. The number of nitrogens with two attached hydrogens (primary N) is 1. The highest BCUT2D eigenvalue weighted by molar-refractivity contribution is 5.42. The second-order valence-electron chi connectivity index (χ2n) is 4.18. The molecule has 0 aromatic heterocycles. The molecule has 2 rings (SSSR count). The SMILES string of the molecule is CC(NC1=CCCC=C1)c1cccc(N)c1. The summed E-state index contributed by atoms with van der Waals surface area (Å²) < 4.78 is 0. The van der Waals surface area contributed by atoms with Gasteiger partial charge in [-0.25, -0.2) is 0 Å². The second-order valence-corrected chi connectivity index (χ2v) is 4.18. The van der Waals surface area contributed by atoms with Crippen LogP contribution in [-0.2, 0) is 0 Å². The largest absolute Gasteiger partial charge is 0.399 e. The summed E-state index contributed by atoms with van der Waals surface area (Å²) in [5, 5.41) is 3.48. The van der Waals surface area contributed by atoms with Crippen LogP contribution in [0.25, 0.3) is 0 Å². The molecule has 1 aliphatic carbocycles. The summed E-state index contributed by atoms with van der Waals surface area (Å²) in [7, 11) is 0. The van der Waals surface area contributed by atoms with Gasteiger partial charge in [0, 0.05) is 17.4 Å². The van der Waals surface area contributed by atoms with Crippen LogP contribution in [0, 0.1) is 0 Å². The first-order valence-electron chi connectivity index (χ1n) is 5.74. The summed E-state index contributed by atoms with van der Waals surface area (Å²) in [4.78, 5) is 0. The summed E-state index contributed by atoms with van der Waals surface area (Å²) >= 11 is 0. The van der Waals surface area contributed by atoms with Crippen molar-refractivity contribution >= 4 is 5.69 Å². The third-order valence-electron chi connectivity index (χ3n) is 2.79. The molecule has 3 N–H and O–H groups in total. The summed E-state index contributed by atoms with van der Waals surface area (Å²) in [6.45, 7) is 2.15. The lowest BCUT2D eigenvalue weighted by molar-refractivity contribution is 0.659. The number of nitrogen functional groups attached to an aromatic ring is 1. The molecule has 1 aliphatic rings. The number of rotatable bonds is 3. The lowest BCUT2D eigenvalue weighted by atomic mass is 10.1. The van der Waals surface area contributed by atoms with Gasteiger partial charge in [0.25, 0.3) is 0 Å². The summed E-state index contributed by atoms with van der Waals surface area (Å²) in [5.41, 5.74) is 9.02. The van der Waals surface area contributed by atoms with Gasteiger partial charge in [0.1, 0.15) is 0 Å². The minimum absolute atomic E-state index is 0.289. The van der Waals surface area contributed by atoms with E-state index < -0.39 is 0 Å². The quantitative estimate of drug-likeness (QED) is 0.758. The van der Waals surface area contributed by atoms with Gasteiger partial charge in [0.05, 0.1) is 0 Å². The van der Waals surface area contributed by atoms with E-state index in [0.29, 0.717) is 0 Å². The Labute approximate surface area is 96.9 Å². The molecule has 16 heavy (non-hydrogen) atoms. The molecule has 2 nitrogen and oxygen atoms in total. The Bertz CT molecular complexity index is 418. The molecule has 0 amide bonds. The van der Waals surface area contributed by atoms with E-state index >= 15 is 0 Å². The van der Waals surface area contributed by atoms with Crippen LogP contribution in [0.4, 0.5) is 5.69 Å². The van der Waals surface area contributed by atoms with Crippen molar-refractivity contribution < 1.29 is 0 Å². The van der Waals surface area contributed by atoms with Crippen LogP contribution >= 0.6 is 0 Å². The summed E-state index contributed by atoms with van der Waals surface area (Å²) in [5.74, 6) is 0. The molecule has 84 valence electrons. The van der Waals surface area contributed by atoms with Crippen LogP contribution in [0.3, 0.4) is 0 Å². The van der Waals surface area contributed by atoms with Gasteiger partial charge in [-0.05, 0) is 43.5 Å². The van der Waals surface area contributed by atoms with E-state index in [1.165, 1.54) is 11.3 Å². The maximum absolute atomic E-state index is 5.77. The first-order valence-corrected chi connectivity index (χ1v) is 5.74. The summed E-state index contributed by atoms with van der Waals surface area (Å²) in [6, 6.07) is 8.31. The number of allylic oxidation sites excluding steroid dienone is 3. The predicted octanol–water partition coefficient (Wildman–Crippen LogP) is 3.15. The monoisotopic (exact) mass is 214 g/mol. The van der Waals surface area contributed by atoms with E-state index in [0.717, 1.165) is 18.5 Å². The molecule has 0 spiro atoms. The third kappa shape index (κ3) is 2.66. The van der Waals surface area contributed by atoms with E-state index in [1.807, 2.05) is 18.2 Å². The highest BCUT2D eigenvalue weighted by Gasteiger charge is 2.06. The van der Waals surface area contributed by atoms with E-state index in [-0.39, 0.29) is 6.04 Å². The van der Waals surface area contributed by atoms with Crippen molar-refractivity contribution in [3.8, 4) is 0 Å². The zero-order valence-electron chi connectivity index (χ0n) is 9.61. The van der Waals surface area contributed by atoms with Gasteiger partial charge in [-0.3, -0.25) is 0 Å². The van der Waals surface area contributed by atoms with Crippen molar-refractivity contribution in [2.75, 3.05) is 5.73 Å². The van der Waals surface area contributed by atoms with Crippen molar-refractivity contribution in [2.45, 2.75) is 25.8 Å². The van der Waals surface area contributed by atoms with Gasteiger partial charge in [0.15, 0.2) is 0 Å². The van der Waals surface area contributed by atoms with Crippen molar-refractivity contribution in [2.24, 2.45) is 0 Å². The Hall–Kier alpha value is -1.70. The Morgan fingerprint density at radius 3 is 2.88 bits per heavy atom. The fourth-order valence-corrected chi connectivity index (χ4v) is 1.88. The van der Waals surface area contributed by atoms with E-state index in [4.69, 9.17) is 5.73 Å². The van der Waals surface area contributed by atoms with Gasteiger partial charge in [-0.2, -0.15) is 0 Å². The highest BCUT2D eigenvalue weighted by Crippen LogP contribution is 2.18. The van der Waals surface area contributed by atoms with Crippen molar-refractivity contribution in [3.05, 3.63) is 53.8 Å². The van der Waals surface area contributed by atoms with Gasteiger partial charge in [-0.1, -0.05) is 24.3 Å². The number of benzene rings is 1. The molecule has 2 heteroatoms. The lowest BCUT2D eigenvalue weighted by Crippen LogP contribution is -2.17. The third-order valence-corrected chi connectivity index (χ3v) is 2.79. The van der Waals surface area contributed by atoms with Crippen LogP contribution in [0.1, 0.15) is 31.4 Å². The lowest BCUT2D eigenvalue weighted by Gasteiger charge is -2.18. The Morgan fingerprint density at radius 1 is 1.31 bits per heavy atom. The normalized spacial score (nSPS) is 16.7. The highest BCUT2D eigenvalue weighted by atomic mass is 14.9. The van der Waals surface area contributed by atoms with Gasteiger partial charge in [0.2, 0.25) is 0 Å².